The summed E-state index contributed by atoms with van der Waals surface area (Å²) in [6.07, 6.45) is 0.547. The molecule has 2 fully saturated rings. The number of rotatable bonds is 4. The number of piperazine rings is 1. The van der Waals surface area contributed by atoms with Gasteiger partial charge in [0.25, 0.3) is 0 Å². The van der Waals surface area contributed by atoms with E-state index in [9.17, 15) is 17.6 Å². The van der Waals surface area contributed by atoms with Gasteiger partial charge in [-0.2, -0.15) is 4.31 Å². The highest BCUT2D eigenvalue weighted by atomic mass is 32.2. The quantitative estimate of drug-likeness (QED) is 0.750. The molecule has 0 bridgehead atoms. The van der Waals surface area contributed by atoms with Crippen molar-refractivity contribution in [1.29, 1.82) is 0 Å². The Bertz CT molecular complexity index is 1070. The number of amides is 1. The van der Waals surface area contributed by atoms with Crippen LogP contribution in [0.2, 0.25) is 0 Å². The Kier molecular flexibility index (Phi) is 6.11. The minimum absolute atomic E-state index is 0.0549. The van der Waals surface area contributed by atoms with E-state index < -0.39 is 16.1 Å². The van der Waals surface area contributed by atoms with Crippen molar-refractivity contribution in [2.24, 2.45) is 0 Å². The normalized spacial score (nSPS) is 22.6. The standard InChI is InChI=1S/C22H27FN4O3S/c1-15-3-8-21(16(2)13-15)31(29,30)27-11-9-26(10-12-27)22(28)20-14-19(24-25-20)17-4-6-18(23)7-5-17/h3-8,13,19-20,24-25H,9-12,14H2,1-2H3. The summed E-state index contributed by atoms with van der Waals surface area (Å²) in [5, 5.41) is 0. The summed E-state index contributed by atoms with van der Waals surface area (Å²) in [7, 11) is -3.59. The lowest BCUT2D eigenvalue weighted by Gasteiger charge is -2.35. The Labute approximate surface area is 182 Å². The van der Waals surface area contributed by atoms with Gasteiger partial charge in [-0.05, 0) is 49.6 Å². The third-order valence-electron chi connectivity index (χ3n) is 5.97. The van der Waals surface area contributed by atoms with Crippen LogP contribution in [0.5, 0.6) is 0 Å². The molecule has 9 heteroatoms. The number of nitrogens with one attached hydrogen (secondary N) is 2. The molecule has 0 radical (unpaired) electrons. The molecule has 2 unspecified atom stereocenters. The second kappa shape index (κ2) is 8.66. The topological polar surface area (TPSA) is 81.8 Å². The van der Waals surface area contributed by atoms with Crippen LogP contribution in [-0.2, 0) is 14.8 Å². The Morgan fingerprint density at radius 3 is 2.32 bits per heavy atom. The fourth-order valence-corrected chi connectivity index (χ4v) is 5.86. The monoisotopic (exact) mass is 446 g/mol. The highest BCUT2D eigenvalue weighted by molar-refractivity contribution is 7.89. The molecular formula is C22H27FN4O3S. The number of benzene rings is 2. The summed E-state index contributed by atoms with van der Waals surface area (Å²) in [4.78, 5) is 15.0. The molecule has 2 saturated heterocycles. The molecule has 0 aromatic heterocycles. The number of hydrogen-bond donors (Lipinski definition) is 2. The average molecular weight is 447 g/mol. The number of nitrogens with zero attached hydrogens (tertiary/aromatic N) is 2. The molecule has 7 nitrogen and oxygen atoms in total. The second-order valence-electron chi connectivity index (χ2n) is 8.18. The predicted molar refractivity (Wildman–Crippen MR) is 115 cm³/mol. The fraction of sp³-hybridized carbons (Fsp3) is 0.409. The molecule has 1 amide bonds. The van der Waals surface area contributed by atoms with E-state index in [1.807, 2.05) is 13.0 Å². The number of hydrogen-bond acceptors (Lipinski definition) is 5. The Morgan fingerprint density at radius 1 is 1.00 bits per heavy atom. The zero-order valence-electron chi connectivity index (χ0n) is 17.6. The van der Waals surface area contributed by atoms with Gasteiger partial charge in [-0.15, -0.1) is 0 Å². The molecule has 0 saturated carbocycles. The number of carbonyl (C=O) groups excluding carboxylic acids is 1. The van der Waals surface area contributed by atoms with Crippen LogP contribution < -0.4 is 10.9 Å². The van der Waals surface area contributed by atoms with Gasteiger partial charge < -0.3 is 4.90 Å². The maximum absolute atomic E-state index is 13.1. The van der Waals surface area contributed by atoms with E-state index in [0.29, 0.717) is 24.4 Å². The molecule has 2 aliphatic rings. The van der Waals surface area contributed by atoms with Crippen molar-refractivity contribution in [3.63, 3.8) is 0 Å². The zero-order chi connectivity index (χ0) is 22.2. The lowest BCUT2D eigenvalue weighted by molar-refractivity contribution is -0.134. The first kappa shape index (κ1) is 21.9. The van der Waals surface area contributed by atoms with Gasteiger partial charge in [-0.3, -0.25) is 4.79 Å². The van der Waals surface area contributed by atoms with E-state index in [2.05, 4.69) is 10.9 Å². The molecule has 2 aliphatic heterocycles. The summed E-state index contributed by atoms with van der Waals surface area (Å²) >= 11 is 0. The first-order valence-electron chi connectivity index (χ1n) is 10.4. The summed E-state index contributed by atoms with van der Waals surface area (Å²) < 4.78 is 40.7. The van der Waals surface area contributed by atoms with Crippen LogP contribution in [0.4, 0.5) is 4.39 Å². The van der Waals surface area contributed by atoms with Crippen LogP contribution in [0.25, 0.3) is 0 Å². The van der Waals surface area contributed by atoms with Crippen LogP contribution in [-0.4, -0.2) is 55.8 Å². The van der Waals surface area contributed by atoms with Gasteiger partial charge in [0.2, 0.25) is 15.9 Å². The molecule has 2 N–H and O–H groups in total. The van der Waals surface area contributed by atoms with Crippen molar-refractivity contribution in [2.75, 3.05) is 26.2 Å². The molecular weight excluding hydrogens is 419 g/mol. The van der Waals surface area contributed by atoms with E-state index in [1.54, 1.807) is 36.1 Å². The van der Waals surface area contributed by atoms with E-state index >= 15 is 0 Å². The summed E-state index contributed by atoms with van der Waals surface area (Å²) in [5.41, 5.74) is 8.79. The zero-order valence-corrected chi connectivity index (χ0v) is 18.5. The Hall–Kier alpha value is -2.33. The first-order valence-corrected chi connectivity index (χ1v) is 11.8. The second-order valence-corrected chi connectivity index (χ2v) is 10.1. The van der Waals surface area contributed by atoms with Crippen LogP contribution in [0.3, 0.4) is 0 Å². The molecule has 4 rings (SSSR count). The third-order valence-corrected chi connectivity index (χ3v) is 8.03. The van der Waals surface area contributed by atoms with Crippen molar-refractivity contribution in [3.05, 3.63) is 65.0 Å². The number of aryl methyl sites for hydroxylation is 2. The van der Waals surface area contributed by atoms with Gasteiger partial charge in [0.15, 0.2) is 0 Å². The summed E-state index contributed by atoms with van der Waals surface area (Å²) in [6, 6.07) is 11.1. The van der Waals surface area contributed by atoms with Crippen molar-refractivity contribution in [2.45, 2.75) is 37.2 Å². The highest BCUT2D eigenvalue weighted by Gasteiger charge is 2.36. The van der Waals surface area contributed by atoms with Crippen molar-refractivity contribution in [1.82, 2.24) is 20.1 Å². The van der Waals surface area contributed by atoms with Gasteiger partial charge >= 0.3 is 0 Å². The first-order chi connectivity index (χ1) is 14.8. The summed E-state index contributed by atoms with van der Waals surface area (Å²) in [5.74, 6) is -0.350. The van der Waals surface area contributed by atoms with Gasteiger partial charge in [0.1, 0.15) is 11.9 Å². The third kappa shape index (κ3) is 4.50. The average Bonchev–Trinajstić information content (AvgIpc) is 3.24. The predicted octanol–water partition coefficient (Wildman–Crippen LogP) is 1.88. The SMILES string of the molecule is Cc1ccc(S(=O)(=O)N2CCN(C(=O)C3CC(c4ccc(F)cc4)NN3)CC2)c(C)c1. The van der Waals surface area contributed by atoms with Crippen LogP contribution in [0, 0.1) is 19.7 Å². The van der Waals surface area contributed by atoms with Gasteiger partial charge in [-0.25, -0.2) is 23.7 Å². The number of halogens is 1. The van der Waals surface area contributed by atoms with Crippen molar-refractivity contribution < 1.29 is 17.6 Å². The molecule has 0 spiro atoms. The van der Waals surface area contributed by atoms with E-state index in [0.717, 1.165) is 16.7 Å². The van der Waals surface area contributed by atoms with E-state index in [1.165, 1.54) is 16.4 Å². The van der Waals surface area contributed by atoms with Crippen LogP contribution in [0.1, 0.15) is 29.2 Å². The molecule has 2 heterocycles. The molecule has 0 aliphatic carbocycles. The molecule has 2 aromatic rings. The Balaban J connectivity index is 1.36. The van der Waals surface area contributed by atoms with E-state index in [4.69, 9.17) is 0 Å². The largest absolute Gasteiger partial charge is 0.339 e. The number of carbonyl (C=O) groups is 1. The molecule has 2 aromatic carbocycles. The Morgan fingerprint density at radius 2 is 1.68 bits per heavy atom. The van der Waals surface area contributed by atoms with Gasteiger partial charge in [0.05, 0.1) is 4.90 Å². The lowest BCUT2D eigenvalue weighted by Crippen LogP contribution is -2.54. The van der Waals surface area contributed by atoms with Crippen LogP contribution >= 0.6 is 0 Å². The maximum Gasteiger partial charge on any atom is 0.243 e. The molecule has 31 heavy (non-hydrogen) atoms. The van der Waals surface area contributed by atoms with Crippen LogP contribution in [0.15, 0.2) is 47.4 Å². The maximum atomic E-state index is 13.1. The molecule has 166 valence electrons. The van der Waals surface area contributed by atoms with Crippen molar-refractivity contribution >= 4 is 15.9 Å². The molecule has 2 atom stereocenters. The number of sulfonamides is 1. The van der Waals surface area contributed by atoms with E-state index in [-0.39, 0.29) is 30.9 Å². The number of hydrazine groups is 1. The lowest BCUT2D eigenvalue weighted by atomic mass is 10.0. The smallest absolute Gasteiger partial charge is 0.243 e. The minimum Gasteiger partial charge on any atom is -0.339 e. The summed E-state index contributed by atoms with van der Waals surface area (Å²) in [6.45, 7) is 4.97. The van der Waals surface area contributed by atoms with Crippen molar-refractivity contribution in [3.8, 4) is 0 Å². The highest BCUT2D eigenvalue weighted by Crippen LogP contribution is 2.25. The van der Waals surface area contributed by atoms with Gasteiger partial charge in [-0.1, -0.05) is 29.8 Å². The fourth-order valence-electron chi connectivity index (χ4n) is 4.23. The minimum atomic E-state index is -3.59. The van der Waals surface area contributed by atoms with Gasteiger partial charge in [0, 0.05) is 32.2 Å².